The third-order valence-corrected chi connectivity index (χ3v) is 6.83. The highest BCUT2D eigenvalue weighted by Gasteiger charge is 2.53. The quantitative estimate of drug-likeness (QED) is 0.500. The van der Waals surface area contributed by atoms with Gasteiger partial charge in [-0.05, 0) is 68.0 Å². The van der Waals surface area contributed by atoms with Gasteiger partial charge in [0.2, 0.25) is 9.04 Å². The van der Waals surface area contributed by atoms with E-state index in [9.17, 15) is 4.79 Å². The van der Waals surface area contributed by atoms with Crippen molar-refractivity contribution in [3.05, 3.63) is 48.0 Å². The number of carbonyl (C=O) groups is 1. The van der Waals surface area contributed by atoms with Gasteiger partial charge in [0.25, 0.3) is 0 Å². The molecule has 4 nitrogen and oxygen atoms in total. The third-order valence-electron chi connectivity index (χ3n) is 6.04. The number of hydrogen-bond acceptors (Lipinski definition) is 3. The van der Waals surface area contributed by atoms with Gasteiger partial charge in [0.15, 0.2) is 0 Å². The summed E-state index contributed by atoms with van der Waals surface area (Å²) in [4.78, 5) is 15.3. The summed E-state index contributed by atoms with van der Waals surface area (Å²) in [6.45, 7) is 17.5. The first-order chi connectivity index (χ1) is 14.3. The third kappa shape index (κ3) is 5.50. The van der Waals surface area contributed by atoms with Gasteiger partial charge in [-0.2, -0.15) is 0 Å². The molecule has 31 heavy (non-hydrogen) atoms. The Morgan fingerprint density at radius 1 is 1.06 bits per heavy atom. The van der Waals surface area contributed by atoms with Crippen molar-refractivity contribution in [1.29, 1.82) is 0 Å². The molecule has 1 aliphatic rings. The number of amides is 1. The molecule has 0 aliphatic carbocycles. The summed E-state index contributed by atoms with van der Waals surface area (Å²) < 4.78 is 12.6. The van der Waals surface area contributed by atoms with Crippen LogP contribution in [0.3, 0.4) is 0 Å². The van der Waals surface area contributed by atoms with Gasteiger partial charge in [-0.25, -0.2) is 4.79 Å². The average molecular weight is 441 g/mol. The monoisotopic (exact) mass is 440 g/mol. The van der Waals surface area contributed by atoms with E-state index in [1.54, 1.807) is 0 Å². The Morgan fingerprint density at radius 2 is 1.71 bits per heavy atom. The van der Waals surface area contributed by atoms with Gasteiger partial charge in [-0.1, -0.05) is 63.2 Å². The number of benzene rings is 2. The molecule has 0 spiro atoms. The molecule has 2 aromatic rings. The Hall–Kier alpha value is -1.85. The van der Waals surface area contributed by atoms with Crippen molar-refractivity contribution in [3.8, 4) is 0 Å². The summed E-state index contributed by atoms with van der Waals surface area (Å²) in [5, 5.41) is 2.43. The van der Waals surface area contributed by atoms with E-state index < -0.39 is 20.4 Å². The molecule has 0 saturated carbocycles. The molecule has 2 aromatic carbocycles. The molecule has 1 fully saturated rings. The molecule has 0 N–H and O–H groups in total. The lowest BCUT2D eigenvalue weighted by atomic mass is 9.78. The van der Waals surface area contributed by atoms with Crippen LogP contribution in [-0.2, 0) is 15.6 Å². The second-order valence-electron chi connectivity index (χ2n) is 11.1. The molecular formula is C26H38NO3Si. The van der Waals surface area contributed by atoms with Gasteiger partial charge in [0.05, 0.1) is 0 Å². The molecule has 1 aliphatic heterocycles. The summed E-state index contributed by atoms with van der Waals surface area (Å²) >= 11 is 0. The molecule has 1 radical (unpaired) electrons. The van der Waals surface area contributed by atoms with Gasteiger partial charge in [-0.3, -0.25) is 4.90 Å². The minimum atomic E-state index is -1.07. The van der Waals surface area contributed by atoms with Crippen molar-refractivity contribution in [3.63, 3.8) is 0 Å². The van der Waals surface area contributed by atoms with E-state index in [1.807, 2.05) is 25.7 Å². The summed E-state index contributed by atoms with van der Waals surface area (Å²) in [5.74, 6) is 0.330. The van der Waals surface area contributed by atoms with Crippen LogP contribution in [0.5, 0.6) is 0 Å². The van der Waals surface area contributed by atoms with Crippen LogP contribution in [0.25, 0.3) is 10.8 Å². The maximum Gasteiger partial charge on any atom is 0.412 e. The molecule has 1 heterocycles. The fraction of sp³-hybridized carbons (Fsp3) is 0.577. The second-order valence-corrected chi connectivity index (χ2v) is 13.2. The SMILES string of the molecule is C[Si](C)O[C@@]1(Cc2cccc3ccccc23)C[C@H](C(C)(C)C)CN1C(=O)OC(C)(C)C. The van der Waals surface area contributed by atoms with Crippen molar-refractivity contribution >= 4 is 25.9 Å². The molecule has 169 valence electrons. The van der Waals surface area contributed by atoms with Crippen LogP contribution in [-0.4, -0.2) is 37.9 Å². The Bertz CT molecular complexity index is 923. The van der Waals surface area contributed by atoms with E-state index >= 15 is 0 Å². The lowest BCUT2D eigenvalue weighted by molar-refractivity contribution is -0.0675. The smallest absolute Gasteiger partial charge is 0.412 e. The maximum absolute atomic E-state index is 13.4. The molecule has 1 saturated heterocycles. The molecule has 0 unspecified atom stereocenters. The van der Waals surface area contributed by atoms with Crippen LogP contribution in [0.1, 0.15) is 53.5 Å². The topological polar surface area (TPSA) is 38.8 Å². The Kier molecular flexibility index (Phi) is 6.59. The van der Waals surface area contributed by atoms with Crippen LogP contribution in [0, 0.1) is 11.3 Å². The first-order valence-corrected chi connectivity index (χ1v) is 13.7. The number of hydrogen-bond donors (Lipinski definition) is 0. The van der Waals surface area contributed by atoms with Crippen LogP contribution in [0.4, 0.5) is 4.79 Å². The number of ether oxygens (including phenoxy) is 1. The van der Waals surface area contributed by atoms with Gasteiger partial charge in [0, 0.05) is 13.0 Å². The van der Waals surface area contributed by atoms with Gasteiger partial charge < -0.3 is 9.16 Å². The minimum Gasteiger partial charge on any atom is -0.444 e. The zero-order valence-electron chi connectivity index (χ0n) is 20.4. The van der Waals surface area contributed by atoms with Gasteiger partial charge in [-0.15, -0.1) is 0 Å². The number of likely N-dealkylation sites (tertiary alicyclic amines) is 1. The summed E-state index contributed by atoms with van der Waals surface area (Å²) in [7, 11) is -1.07. The van der Waals surface area contributed by atoms with E-state index in [1.165, 1.54) is 16.3 Å². The Balaban J connectivity index is 2.08. The molecule has 1 amide bonds. The second kappa shape index (κ2) is 8.59. The predicted octanol–water partition coefficient (Wildman–Crippen LogP) is 6.65. The first kappa shape index (κ1) is 23.8. The van der Waals surface area contributed by atoms with Crippen molar-refractivity contribution < 1.29 is 14.0 Å². The number of rotatable bonds is 4. The lowest BCUT2D eigenvalue weighted by Crippen LogP contribution is -2.54. The van der Waals surface area contributed by atoms with E-state index in [2.05, 4.69) is 76.3 Å². The molecule has 5 heteroatoms. The van der Waals surface area contributed by atoms with E-state index in [0.29, 0.717) is 18.9 Å². The summed E-state index contributed by atoms with van der Waals surface area (Å²) in [6.07, 6.45) is 1.20. The molecule has 3 rings (SSSR count). The largest absolute Gasteiger partial charge is 0.444 e. The zero-order valence-corrected chi connectivity index (χ0v) is 21.4. The molecule has 0 bridgehead atoms. The molecule has 2 atom stereocenters. The number of nitrogens with zero attached hydrogens (tertiary/aromatic N) is 1. The van der Waals surface area contributed by atoms with E-state index in [-0.39, 0.29) is 11.5 Å². The van der Waals surface area contributed by atoms with Gasteiger partial charge in [0.1, 0.15) is 11.3 Å². The molecular weight excluding hydrogens is 402 g/mol. The minimum absolute atomic E-state index is 0.0680. The maximum atomic E-state index is 13.4. The average Bonchev–Trinajstić information content (AvgIpc) is 2.99. The summed E-state index contributed by atoms with van der Waals surface area (Å²) in [6, 6.07) is 14.9. The van der Waals surface area contributed by atoms with Crippen LogP contribution in [0.2, 0.25) is 13.1 Å². The highest BCUT2D eigenvalue weighted by atomic mass is 28.3. The van der Waals surface area contributed by atoms with Crippen LogP contribution in [0.15, 0.2) is 42.5 Å². The fourth-order valence-corrected chi connectivity index (χ4v) is 5.53. The molecule has 0 aromatic heterocycles. The van der Waals surface area contributed by atoms with Crippen molar-refractivity contribution in [2.24, 2.45) is 11.3 Å². The van der Waals surface area contributed by atoms with E-state index in [0.717, 1.165) is 6.42 Å². The van der Waals surface area contributed by atoms with E-state index in [4.69, 9.17) is 9.16 Å². The normalized spacial score (nSPS) is 22.4. The highest BCUT2D eigenvalue weighted by molar-refractivity contribution is 6.48. The summed E-state index contributed by atoms with van der Waals surface area (Å²) in [5.41, 5.74) is 0.0409. The van der Waals surface area contributed by atoms with Gasteiger partial charge >= 0.3 is 6.09 Å². The van der Waals surface area contributed by atoms with Crippen molar-refractivity contribution in [2.45, 2.75) is 78.8 Å². The zero-order chi connectivity index (χ0) is 23.0. The van der Waals surface area contributed by atoms with Crippen molar-refractivity contribution in [2.75, 3.05) is 6.54 Å². The van der Waals surface area contributed by atoms with Crippen molar-refractivity contribution in [1.82, 2.24) is 4.90 Å². The predicted molar refractivity (Wildman–Crippen MR) is 129 cm³/mol. The lowest BCUT2D eigenvalue weighted by Gasteiger charge is -2.40. The number of carbonyl (C=O) groups excluding carboxylic acids is 1. The number of fused-ring (bicyclic) bond motifs is 1. The standard InChI is InChI=1S/C26H38NO3Si/c1-24(2,3)21-17-26(30-31(7)8,27(18-21)23(28)29-25(4,5)6)16-20-14-11-13-19-12-9-10-15-22(19)20/h9-15,21H,16-18H2,1-8H3/t21-,26-/m0/s1. The Labute approximate surface area is 189 Å². The highest BCUT2D eigenvalue weighted by Crippen LogP contribution is 2.46. The first-order valence-electron chi connectivity index (χ1n) is 11.3. The van der Waals surface area contributed by atoms with Crippen LogP contribution < -0.4 is 0 Å². The Morgan fingerprint density at radius 3 is 2.32 bits per heavy atom. The fourth-order valence-electron chi connectivity index (χ4n) is 4.51. The van der Waals surface area contributed by atoms with Crippen LogP contribution >= 0.6 is 0 Å².